The molecule has 0 aromatic heterocycles. The highest BCUT2D eigenvalue weighted by atomic mass is 16.6. The third-order valence-electron chi connectivity index (χ3n) is 4.15. The molecule has 1 amide bonds. The lowest BCUT2D eigenvalue weighted by molar-refractivity contribution is 0.0265. The molecule has 1 aromatic rings. The lowest BCUT2D eigenvalue weighted by atomic mass is 10.0. The van der Waals surface area contributed by atoms with Crippen LogP contribution < -0.4 is 0 Å². The number of rotatable bonds is 1. The number of carbonyl (C=O) groups excluding carboxylic acids is 1. The molecule has 120 valence electrons. The highest BCUT2D eigenvalue weighted by Crippen LogP contribution is 2.32. The molecule has 0 saturated carbocycles. The topological polar surface area (TPSA) is 41.9 Å². The Labute approximate surface area is 137 Å². The summed E-state index contributed by atoms with van der Waals surface area (Å²) in [5.41, 5.74) is 3.54. The summed E-state index contributed by atoms with van der Waals surface area (Å²) in [6.45, 7) is 6.39. The van der Waals surface area contributed by atoms with Crippen LogP contribution in [0.3, 0.4) is 0 Å². The van der Waals surface area contributed by atoms with E-state index in [1.54, 1.807) is 0 Å². The Morgan fingerprint density at radius 1 is 1.43 bits per heavy atom. The van der Waals surface area contributed by atoms with Crippen molar-refractivity contribution in [3.63, 3.8) is 0 Å². The number of nitrogens with zero attached hydrogens (tertiary/aromatic N) is 2. The van der Waals surface area contributed by atoms with E-state index in [0.29, 0.717) is 0 Å². The third kappa shape index (κ3) is 3.24. The van der Waals surface area contributed by atoms with E-state index < -0.39 is 5.60 Å². The molecule has 2 heterocycles. The van der Waals surface area contributed by atoms with E-state index in [2.05, 4.69) is 5.92 Å². The Morgan fingerprint density at radius 3 is 2.91 bits per heavy atom. The number of likely N-dealkylation sites (tertiary alicyclic amines) is 1. The lowest BCUT2D eigenvalue weighted by Gasteiger charge is -2.28. The summed E-state index contributed by atoms with van der Waals surface area (Å²) >= 11 is 0. The fraction of sp³-hybridized carbons (Fsp3) is 0.474. The molecule has 3 rings (SSSR count). The second-order valence-electron chi connectivity index (χ2n) is 7.10. The van der Waals surface area contributed by atoms with Gasteiger partial charge in [-0.25, -0.2) is 4.79 Å². The fourth-order valence-electron chi connectivity index (χ4n) is 3.16. The van der Waals surface area contributed by atoms with Crippen LogP contribution in [-0.4, -0.2) is 34.9 Å². The molecule has 0 N–H and O–H groups in total. The summed E-state index contributed by atoms with van der Waals surface area (Å²) in [6.07, 6.45) is 7.90. The van der Waals surface area contributed by atoms with Gasteiger partial charge in [-0.2, -0.15) is 0 Å². The van der Waals surface area contributed by atoms with Gasteiger partial charge in [0.1, 0.15) is 5.60 Å². The van der Waals surface area contributed by atoms with Crippen LogP contribution in [0.4, 0.5) is 10.5 Å². The van der Waals surface area contributed by atoms with E-state index in [1.165, 1.54) is 0 Å². The summed E-state index contributed by atoms with van der Waals surface area (Å²) in [5.74, 6) is 2.66. The van der Waals surface area contributed by atoms with Gasteiger partial charge < -0.3 is 4.74 Å². The van der Waals surface area contributed by atoms with E-state index in [4.69, 9.17) is 16.2 Å². The van der Waals surface area contributed by atoms with Crippen molar-refractivity contribution in [2.75, 3.05) is 6.54 Å². The summed E-state index contributed by atoms with van der Waals surface area (Å²) < 4.78 is 5.53. The Balaban J connectivity index is 1.77. The van der Waals surface area contributed by atoms with E-state index in [0.717, 1.165) is 48.3 Å². The molecule has 1 unspecified atom stereocenters. The largest absolute Gasteiger partial charge is 0.444 e. The van der Waals surface area contributed by atoms with Crippen molar-refractivity contribution in [3.05, 3.63) is 29.3 Å². The third-order valence-corrected chi connectivity index (χ3v) is 4.15. The van der Waals surface area contributed by atoms with Crippen molar-refractivity contribution in [1.82, 2.24) is 4.90 Å². The van der Waals surface area contributed by atoms with Gasteiger partial charge >= 0.3 is 6.09 Å². The number of fused-ring (bicyclic) bond motifs is 1. The molecule has 0 aliphatic carbocycles. The number of aliphatic imine (C=N–C) groups is 1. The number of hydrogen-bond acceptors (Lipinski definition) is 3. The Bertz CT molecular complexity index is 707. The van der Waals surface area contributed by atoms with Crippen LogP contribution in [0.25, 0.3) is 0 Å². The highest BCUT2D eigenvalue weighted by Gasteiger charge is 2.36. The second kappa shape index (κ2) is 5.73. The van der Waals surface area contributed by atoms with Gasteiger partial charge in [0.15, 0.2) is 0 Å². The molecular formula is C19H22N2O2. The Kier molecular flexibility index (Phi) is 3.89. The van der Waals surface area contributed by atoms with Gasteiger partial charge in [-0.15, -0.1) is 6.42 Å². The molecule has 23 heavy (non-hydrogen) atoms. The van der Waals surface area contributed by atoms with Gasteiger partial charge in [-0.05, 0) is 57.4 Å². The second-order valence-corrected chi connectivity index (χ2v) is 7.10. The van der Waals surface area contributed by atoms with Crippen LogP contribution in [0.2, 0.25) is 0 Å². The molecular weight excluding hydrogens is 288 g/mol. The minimum atomic E-state index is -0.480. The molecule has 0 bridgehead atoms. The van der Waals surface area contributed by atoms with E-state index in [1.807, 2.05) is 43.9 Å². The van der Waals surface area contributed by atoms with Gasteiger partial charge in [0.2, 0.25) is 0 Å². The van der Waals surface area contributed by atoms with Gasteiger partial charge in [0, 0.05) is 24.2 Å². The summed E-state index contributed by atoms with van der Waals surface area (Å²) in [4.78, 5) is 19.0. The van der Waals surface area contributed by atoms with Crippen molar-refractivity contribution < 1.29 is 9.53 Å². The van der Waals surface area contributed by atoms with Crippen LogP contribution in [0.1, 0.15) is 44.7 Å². The number of hydrogen-bond donors (Lipinski definition) is 0. The standard InChI is InChI=1S/C19H22N2O2/c1-5-13-8-9-15-14(11-13)12-16(20-15)17-7-6-10-21(17)18(22)23-19(2,3)4/h1,8-9,11,17H,6-7,10,12H2,2-4H3. The first-order valence-electron chi connectivity index (χ1n) is 8.04. The summed E-state index contributed by atoms with van der Waals surface area (Å²) in [5, 5.41) is 0. The van der Waals surface area contributed by atoms with Crippen LogP contribution in [0.15, 0.2) is 23.2 Å². The maximum Gasteiger partial charge on any atom is 0.410 e. The first kappa shape index (κ1) is 15.6. The zero-order chi connectivity index (χ0) is 16.6. The Hall–Kier alpha value is -2.28. The van der Waals surface area contributed by atoms with E-state index >= 15 is 0 Å². The number of carbonyl (C=O) groups is 1. The molecule has 2 aliphatic rings. The van der Waals surface area contributed by atoms with Crippen molar-refractivity contribution in [3.8, 4) is 12.3 Å². The average Bonchev–Trinajstić information content (AvgIpc) is 3.10. The normalized spacial score (nSPS) is 20.0. The maximum absolute atomic E-state index is 12.4. The minimum absolute atomic E-state index is 0.0338. The van der Waals surface area contributed by atoms with Gasteiger partial charge in [0.25, 0.3) is 0 Å². The summed E-state index contributed by atoms with van der Waals surface area (Å²) in [6, 6.07) is 5.92. The van der Waals surface area contributed by atoms with Crippen molar-refractivity contribution in [2.24, 2.45) is 4.99 Å². The van der Waals surface area contributed by atoms with Crippen molar-refractivity contribution in [1.29, 1.82) is 0 Å². The zero-order valence-electron chi connectivity index (χ0n) is 13.9. The van der Waals surface area contributed by atoms with E-state index in [9.17, 15) is 4.79 Å². The maximum atomic E-state index is 12.4. The minimum Gasteiger partial charge on any atom is -0.444 e. The monoisotopic (exact) mass is 310 g/mol. The Morgan fingerprint density at radius 2 is 2.22 bits per heavy atom. The van der Waals surface area contributed by atoms with Gasteiger partial charge in [-0.3, -0.25) is 9.89 Å². The van der Waals surface area contributed by atoms with Crippen molar-refractivity contribution >= 4 is 17.5 Å². The first-order valence-corrected chi connectivity index (χ1v) is 8.04. The van der Waals surface area contributed by atoms with Crippen LogP contribution >= 0.6 is 0 Å². The van der Waals surface area contributed by atoms with Gasteiger partial charge in [0.05, 0.1) is 11.7 Å². The SMILES string of the molecule is C#Cc1ccc2c(c1)CC(C1CCCN1C(=O)OC(C)(C)C)=N2. The van der Waals surface area contributed by atoms with Crippen molar-refractivity contribution in [2.45, 2.75) is 51.7 Å². The predicted molar refractivity (Wildman–Crippen MR) is 91.1 cm³/mol. The van der Waals surface area contributed by atoms with E-state index in [-0.39, 0.29) is 12.1 Å². The number of amides is 1. The molecule has 4 heteroatoms. The van der Waals surface area contributed by atoms with Crippen LogP contribution in [-0.2, 0) is 11.2 Å². The number of terminal acetylenes is 1. The molecule has 1 saturated heterocycles. The lowest BCUT2D eigenvalue weighted by Crippen LogP contribution is -2.43. The van der Waals surface area contributed by atoms with Crippen LogP contribution in [0, 0.1) is 12.3 Å². The zero-order valence-corrected chi connectivity index (χ0v) is 13.9. The molecule has 0 radical (unpaired) electrons. The molecule has 1 atom stereocenters. The summed E-state index contributed by atoms with van der Waals surface area (Å²) in [7, 11) is 0. The fourth-order valence-corrected chi connectivity index (χ4v) is 3.16. The average molecular weight is 310 g/mol. The first-order chi connectivity index (χ1) is 10.9. The molecule has 4 nitrogen and oxygen atoms in total. The molecule has 1 aromatic carbocycles. The number of ether oxygens (including phenoxy) is 1. The highest BCUT2D eigenvalue weighted by molar-refractivity contribution is 5.99. The molecule has 0 spiro atoms. The number of benzene rings is 1. The van der Waals surface area contributed by atoms with Crippen LogP contribution in [0.5, 0.6) is 0 Å². The smallest absolute Gasteiger partial charge is 0.410 e. The molecule has 1 fully saturated rings. The predicted octanol–water partition coefficient (Wildman–Crippen LogP) is 3.70. The quantitative estimate of drug-likeness (QED) is 0.742. The molecule has 2 aliphatic heterocycles. The van der Waals surface area contributed by atoms with Gasteiger partial charge in [-0.1, -0.05) is 5.92 Å².